The Morgan fingerprint density at radius 1 is 1.33 bits per heavy atom. The van der Waals surface area contributed by atoms with E-state index in [4.69, 9.17) is 10.8 Å². The van der Waals surface area contributed by atoms with Gasteiger partial charge in [-0.15, -0.1) is 0 Å². The topological polar surface area (TPSA) is 75.3 Å². The molecule has 1 aliphatic rings. The summed E-state index contributed by atoms with van der Waals surface area (Å²) in [7, 11) is 0. The summed E-state index contributed by atoms with van der Waals surface area (Å²) in [6, 6.07) is 0.390. The van der Waals surface area contributed by atoms with Gasteiger partial charge in [0.15, 0.2) is 0 Å². The van der Waals surface area contributed by atoms with Gasteiger partial charge in [-0.05, 0) is 32.1 Å². The van der Waals surface area contributed by atoms with Crippen molar-refractivity contribution in [2.75, 3.05) is 0 Å². The van der Waals surface area contributed by atoms with Crippen LogP contribution in [-0.4, -0.2) is 23.3 Å². The van der Waals surface area contributed by atoms with Crippen LogP contribution in [0.5, 0.6) is 0 Å². The molecule has 1 amide bonds. The van der Waals surface area contributed by atoms with Crippen LogP contribution in [-0.2, 0) is 0 Å². The quantitative estimate of drug-likeness (QED) is 0.515. The van der Waals surface area contributed by atoms with Crippen molar-refractivity contribution in [3.8, 4) is 0 Å². The molecule has 2 unspecified atom stereocenters. The highest BCUT2D eigenvalue weighted by Crippen LogP contribution is 2.16. The number of rotatable bonds is 1. The molecule has 0 aromatic heterocycles. The first-order valence-corrected chi connectivity index (χ1v) is 4.43. The summed E-state index contributed by atoms with van der Waals surface area (Å²) in [4.78, 5) is 10.3. The first-order valence-electron chi connectivity index (χ1n) is 4.43. The Hall–Kier alpha value is -0.770. The number of carbonyl (C=O) groups is 1. The molecule has 4 heteroatoms. The van der Waals surface area contributed by atoms with E-state index in [1.165, 1.54) is 0 Å². The molecular formula is C8H16N2O2. The smallest absolute Gasteiger partial charge is 0.404 e. The highest BCUT2D eigenvalue weighted by atomic mass is 16.4. The predicted octanol–water partition coefficient (Wildman–Crippen LogP) is 0.914. The van der Waals surface area contributed by atoms with Gasteiger partial charge in [0, 0.05) is 12.1 Å². The highest BCUT2D eigenvalue weighted by molar-refractivity contribution is 5.64. The van der Waals surface area contributed by atoms with E-state index in [9.17, 15) is 4.79 Å². The molecule has 1 fully saturated rings. The monoisotopic (exact) mass is 172 g/mol. The van der Waals surface area contributed by atoms with Crippen molar-refractivity contribution in [1.82, 2.24) is 5.32 Å². The summed E-state index contributed by atoms with van der Waals surface area (Å²) in [5, 5.41) is 11.0. The van der Waals surface area contributed by atoms with E-state index in [0.29, 0.717) is 0 Å². The maximum Gasteiger partial charge on any atom is 0.404 e. The average Bonchev–Trinajstić information content (AvgIpc) is 2.15. The fourth-order valence-electron chi connectivity index (χ4n) is 1.65. The minimum atomic E-state index is -0.921. The first kappa shape index (κ1) is 9.32. The van der Waals surface area contributed by atoms with Crippen LogP contribution >= 0.6 is 0 Å². The molecule has 0 bridgehead atoms. The zero-order valence-electron chi connectivity index (χ0n) is 7.12. The average molecular weight is 172 g/mol. The molecule has 4 nitrogen and oxygen atoms in total. The van der Waals surface area contributed by atoms with Crippen molar-refractivity contribution >= 4 is 6.09 Å². The number of nitrogens with two attached hydrogens (primary N) is 1. The standard InChI is InChI=1S/C8H16N2O2/c9-6-2-1-3-7(5-4-6)10-8(11)12/h6-7,10H,1-5,9H2,(H,11,12). The molecule has 1 saturated carbocycles. The molecular weight excluding hydrogens is 156 g/mol. The third-order valence-electron chi connectivity index (χ3n) is 2.34. The van der Waals surface area contributed by atoms with Crippen LogP contribution in [0.1, 0.15) is 32.1 Å². The Balaban J connectivity index is 2.30. The lowest BCUT2D eigenvalue weighted by atomic mass is 10.1. The van der Waals surface area contributed by atoms with E-state index in [0.717, 1.165) is 32.1 Å². The van der Waals surface area contributed by atoms with Gasteiger partial charge >= 0.3 is 6.09 Å². The second kappa shape index (κ2) is 4.30. The molecule has 12 heavy (non-hydrogen) atoms. The first-order chi connectivity index (χ1) is 5.68. The Morgan fingerprint density at radius 2 is 2.08 bits per heavy atom. The van der Waals surface area contributed by atoms with Crippen molar-refractivity contribution in [2.45, 2.75) is 44.2 Å². The highest BCUT2D eigenvalue weighted by Gasteiger charge is 2.17. The van der Waals surface area contributed by atoms with Crippen LogP contribution in [0.25, 0.3) is 0 Å². The van der Waals surface area contributed by atoms with Gasteiger partial charge in [0.25, 0.3) is 0 Å². The lowest BCUT2D eigenvalue weighted by Gasteiger charge is -2.13. The minimum absolute atomic E-state index is 0.121. The van der Waals surface area contributed by atoms with E-state index >= 15 is 0 Å². The van der Waals surface area contributed by atoms with Crippen molar-refractivity contribution < 1.29 is 9.90 Å². The Morgan fingerprint density at radius 3 is 2.75 bits per heavy atom. The van der Waals surface area contributed by atoms with Gasteiger partial charge in [0.05, 0.1) is 0 Å². The molecule has 0 radical (unpaired) electrons. The Labute approximate surface area is 72.1 Å². The van der Waals surface area contributed by atoms with Crippen LogP contribution in [0.3, 0.4) is 0 Å². The summed E-state index contributed by atoms with van der Waals surface area (Å²) < 4.78 is 0. The Bertz CT molecular complexity index is 161. The molecule has 0 spiro atoms. The minimum Gasteiger partial charge on any atom is -0.465 e. The van der Waals surface area contributed by atoms with Gasteiger partial charge in [-0.3, -0.25) is 0 Å². The van der Waals surface area contributed by atoms with E-state index < -0.39 is 6.09 Å². The van der Waals surface area contributed by atoms with Crippen LogP contribution in [0.2, 0.25) is 0 Å². The van der Waals surface area contributed by atoms with Crippen molar-refractivity contribution in [1.29, 1.82) is 0 Å². The van der Waals surface area contributed by atoms with Gasteiger partial charge in [0.2, 0.25) is 0 Å². The number of amides is 1. The number of hydrogen-bond donors (Lipinski definition) is 3. The van der Waals surface area contributed by atoms with Gasteiger partial charge in [-0.2, -0.15) is 0 Å². The molecule has 1 aliphatic carbocycles. The van der Waals surface area contributed by atoms with Crippen LogP contribution in [0.15, 0.2) is 0 Å². The van der Waals surface area contributed by atoms with Crippen LogP contribution in [0, 0.1) is 0 Å². The molecule has 2 atom stereocenters. The molecule has 4 N–H and O–H groups in total. The number of carboxylic acid groups (broad SMARTS) is 1. The summed E-state index contributed by atoms with van der Waals surface area (Å²) in [6.07, 6.45) is 3.89. The van der Waals surface area contributed by atoms with Crippen LogP contribution in [0.4, 0.5) is 4.79 Å². The van der Waals surface area contributed by atoms with Gasteiger partial charge < -0.3 is 16.2 Å². The van der Waals surface area contributed by atoms with E-state index in [1.807, 2.05) is 0 Å². The maximum atomic E-state index is 10.3. The largest absolute Gasteiger partial charge is 0.465 e. The molecule has 0 aromatic carbocycles. The molecule has 0 aromatic rings. The number of nitrogens with one attached hydrogen (secondary N) is 1. The molecule has 0 heterocycles. The fourth-order valence-corrected chi connectivity index (χ4v) is 1.65. The van der Waals surface area contributed by atoms with E-state index in [2.05, 4.69) is 5.32 Å². The third kappa shape index (κ3) is 3.09. The summed E-state index contributed by atoms with van der Waals surface area (Å²) in [5.74, 6) is 0. The van der Waals surface area contributed by atoms with Gasteiger partial charge in [-0.25, -0.2) is 4.79 Å². The number of hydrogen-bond acceptors (Lipinski definition) is 2. The predicted molar refractivity (Wildman–Crippen MR) is 46.0 cm³/mol. The lowest BCUT2D eigenvalue weighted by Crippen LogP contribution is -2.33. The zero-order valence-corrected chi connectivity index (χ0v) is 7.12. The normalized spacial score (nSPS) is 30.8. The second-order valence-electron chi connectivity index (χ2n) is 3.41. The SMILES string of the molecule is NC1CCCC(NC(=O)O)CC1. The molecule has 1 rings (SSSR count). The molecule has 0 saturated heterocycles. The van der Waals surface area contributed by atoms with Crippen molar-refractivity contribution in [3.05, 3.63) is 0 Å². The second-order valence-corrected chi connectivity index (χ2v) is 3.41. The lowest BCUT2D eigenvalue weighted by molar-refractivity contribution is 0.188. The maximum absolute atomic E-state index is 10.3. The zero-order chi connectivity index (χ0) is 8.97. The molecule has 0 aliphatic heterocycles. The Kier molecular flexibility index (Phi) is 3.34. The van der Waals surface area contributed by atoms with Gasteiger partial charge in [-0.1, -0.05) is 0 Å². The van der Waals surface area contributed by atoms with E-state index in [-0.39, 0.29) is 12.1 Å². The fraction of sp³-hybridized carbons (Fsp3) is 0.875. The summed E-state index contributed by atoms with van der Waals surface area (Å²) in [6.45, 7) is 0. The molecule has 70 valence electrons. The van der Waals surface area contributed by atoms with Crippen molar-refractivity contribution in [3.63, 3.8) is 0 Å². The third-order valence-corrected chi connectivity index (χ3v) is 2.34. The van der Waals surface area contributed by atoms with E-state index in [1.54, 1.807) is 0 Å². The summed E-state index contributed by atoms with van der Waals surface area (Å²) in [5.41, 5.74) is 5.75. The van der Waals surface area contributed by atoms with Gasteiger partial charge in [0.1, 0.15) is 0 Å². The van der Waals surface area contributed by atoms with Crippen LogP contribution < -0.4 is 11.1 Å². The van der Waals surface area contributed by atoms with Crippen molar-refractivity contribution in [2.24, 2.45) is 5.73 Å². The summed E-state index contributed by atoms with van der Waals surface area (Å²) >= 11 is 0.